The van der Waals surface area contributed by atoms with Gasteiger partial charge in [0.25, 0.3) is 11.8 Å². The fraction of sp³-hybridized carbons (Fsp3) is 0.192. The third-order valence-corrected chi connectivity index (χ3v) is 4.76. The zero-order valence-corrected chi connectivity index (χ0v) is 19.2. The molecule has 0 saturated carbocycles. The molecule has 0 unspecified atom stereocenters. The van der Waals surface area contributed by atoms with E-state index in [1.165, 1.54) is 20.1 Å². The number of hydrogen-bond acceptors (Lipinski definition) is 6. The number of benzene rings is 3. The first kappa shape index (κ1) is 24.3. The predicted octanol–water partition coefficient (Wildman–Crippen LogP) is 4.57. The molecule has 0 aromatic heterocycles. The van der Waals surface area contributed by atoms with Gasteiger partial charge >= 0.3 is 0 Å². The number of carbonyl (C=O) groups excluding carboxylic acids is 3. The summed E-state index contributed by atoms with van der Waals surface area (Å²) < 4.78 is 16.3. The summed E-state index contributed by atoms with van der Waals surface area (Å²) in [4.78, 5) is 36.4. The lowest BCUT2D eigenvalue weighted by Crippen LogP contribution is -2.20. The van der Waals surface area contributed by atoms with Gasteiger partial charge in [0, 0.05) is 22.5 Å². The molecule has 0 heterocycles. The highest BCUT2D eigenvalue weighted by molar-refractivity contribution is 6.05. The van der Waals surface area contributed by atoms with Crippen LogP contribution in [-0.4, -0.2) is 37.9 Å². The first-order valence-electron chi connectivity index (χ1n) is 10.7. The molecule has 8 nitrogen and oxygen atoms in total. The Morgan fingerprint density at radius 2 is 1.56 bits per heavy atom. The maximum atomic E-state index is 12.6. The fourth-order valence-corrected chi connectivity index (χ4v) is 3.09. The summed E-state index contributed by atoms with van der Waals surface area (Å²) in [6.45, 7) is 3.68. The Morgan fingerprint density at radius 3 is 2.24 bits per heavy atom. The zero-order valence-electron chi connectivity index (χ0n) is 19.2. The van der Waals surface area contributed by atoms with Crippen molar-refractivity contribution in [1.82, 2.24) is 0 Å². The van der Waals surface area contributed by atoms with E-state index in [1.807, 2.05) is 6.92 Å². The van der Waals surface area contributed by atoms with Gasteiger partial charge in [0.1, 0.15) is 5.75 Å². The van der Waals surface area contributed by atoms with Crippen molar-refractivity contribution >= 4 is 29.0 Å². The van der Waals surface area contributed by atoms with E-state index in [4.69, 9.17) is 14.2 Å². The number of anilines is 2. The Kier molecular flexibility index (Phi) is 8.23. The summed E-state index contributed by atoms with van der Waals surface area (Å²) in [5.74, 6) is 0.527. The van der Waals surface area contributed by atoms with Crippen LogP contribution in [-0.2, 0) is 4.79 Å². The maximum absolute atomic E-state index is 12.6. The van der Waals surface area contributed by atoms with Crippen LogP contribution in [0.5, 0.6) is 17.2 Å². The second-order valence-corrected chi connectivity index (χ2v) is 7.25. The molecule has 0 spiro atoms. The molecule has 2 amide bonds. The van der Waals surface area contributed by atoms with E-state index in [2.05, 4.69) is 10.6 Å². The van der Waals surface area contributed by atoms with Gasteiger partial charge in [-0.3, -0.25) is 14.4 Å². The van der Waals surface area contributed by atoms with E-state index >= 15 is 0 Å². The van der Waals surface area contributed by atoms with Crippen LogP contribution >= 0.6 is 0 Å². The number of ketones is 1. The van der Waals surface area contributed by atoms with E-state index < -0.39 is 0 Å². The Morgan fingerprint density at radius 1 is 0.794 bits per heavy atom. The van der Waals surface area contributed by atoms with Gasteiger partial charge in [0.2, 0.25) is 0 Å². The van der Waals surface area contributed by atoms with E-state index in [9.17, 15) is 14.4 Å². The van der Waals surface area contributed by atoms with Gasteiger partial charge in [-0.2, -0.15) is 0 Å². The van der Waals surface area contributed by atoms with Crippen molar-refractivity contribution in [2.45, 2.75) is 13.8 Å². The molecule has 0 atom stereocenters. The molecule has 0 radical (unpaired) electrons. The molecular formula is C26H26N2O6. The van der Waals surface area contributed by atoms with Crippen molar-refractivity contribution in [3.63, 3.8) is 0 Å². The summed E-state index contributed by atoms with van der Waals surface area (Å²) >= 11 is 0. The molecule has 0 fully saturated rings. The molecule has 0 bridgehead atoms. The quantitative estimate of drug-likeness (QED) is 0.428. The SMILES string of the molecule is CCOc1ccc(NC(=O)COc2ccc(C(=O)Nc3cccc(C(C)=O)c3)cc2OC)cc1. The van der Waals surface area contributed by atoms with E-state index in [1.54, 1.807) is 60.7 Å². The Balaban J connectivity index is 1.60. The number of methoxy groups -OCH3 is 1. The van der Waals surface area contributed by atoms with E-state index in [0.29, 0.717) is 40.6 Å². The van der Waals surface area contributed by atoms with E-state index in [0.717, 1.165) is 5.75 Å². The van der Waals surface area contributed by atoms with Crippen LogP contribution < -0.4 is 24.8 Å². The molecule has 0 aliphatic carbocycles. The van der Waals surface area contributed by atoms with Crippen molar-refractivity contribution in [1.29, 1.82) is 0 Å². The lowest BCUT2D eigenvalue weighted by Gasteiger charge is -2.13. The van der Waals surface area contributed by atoms with E-state index in [-0.39, 0.29) is 24.2 Å². The number of rotatable bonds is 10. The zero-order chi connectivity index (χ0) is 24.5. The Labute approximate surface area is 197 Å². The van der Waals surface area contributed by atoms with Gasteiger partial charge in [0.05, 0.1) is 13.7 Å². The summed E-state index contributed by atoms with van der Waals surface area (Å²) in [7, 11) is 1.44. The van der Waals surface area contributed by atoms with Crippen molar-refractivity contribution in [2.24, 2.45) is 0 Å². The van der Waals surface area contributed by atoms with Gasteiger partial charge in [-0.1, -0.05) is 12.1 Å². The van der Waals surface area contributed by atoms with Crippen LogP contribution in [0.25, 0.3) is 0 Å². The van der Waals surface area contributed by atoms with Gasteiger partial charge in [-0.15, -0.1) is 0 Å². The van der Waals surface area contributed by atoms with Crippen LogP contribution in [0.15, 0.2) is 66.7 Å². The fourth-order valence-electron chi connectivity index (χ4n) is 3.09. The highest BCUT2D eigenvalue weighted by atomic mass is 16.5. The van der Waals surface area contributed by atoms with Crippen LogP contribution in [0.3, 0.4) is 0 Å². The minimum absolute atomic E-state index is 0.0918. The summed E-state index contributed by atoms with van der Waals surface area (Å²) in [5, 5.41) is 5.49. The van der Waals surface area contributed by atoms with Crippen molar-refractivity contribution in [2.75, 3.05) is 31.0 Å². The average Bonchev–Trinajstić information content (AvgIpc) is 2.84. The largest absolute Gasteiger partial charge is 0.494 e. The third-order valence-electron chi connectivity index (χ3n) is 4.76. The lowest BCUT2D eigenvalue weighted by molar-refractivity contribution is -0.118. The first-order valence-corrected chi connectivity index (χ1v) is 10.7. The number of hydrogen-bond donors (Lipinski definition) is 2. The number of amides is 2. The molecule has 2 N–H and O–H groups in total. The summed E-state index contributed by atoms with van der Waals surface area (Å²) in [6.07, 6.45) is 0. The molecule has 0 saturated heterocycles. The smallest absolute Gasteiger partial charge is 0.262 e. The highest BCUT2D eigenvalue weighted by Gasteiger charge is 2.14. The van der Waals surface area contributed by atoms with Crippen LogP contribution in [0.4, 0.5) is 11.4 Å². The highest BCUT2D eigenvalue weighted by Crippen LogP contribution is 2.28. The molecule has 3 rings (SSSR count). The van der Waals surface area contributed by atoms with Crippen LogP contribution in [0.2, 0.25) is 0 Å². The number of ether oxygens (including phenoxy) is 3. The predicted molar refractivity (Wildman–Crippen MR) is 129 cm³/mol. The van der Waals surface area contributed by atoms with Gasteiger partial charge in [0.15, 0.2) is 23.9 Å². The Bertz CT molecular complexity index is 1170. The summed E-state index contributed by atoms with van der Waals surface area (Å²) in [5.41, 5.74) is 1.95. The number of nitrogens with one attached hydrogen (secondary N) is 2. The monoisotopic (exact) mass is 462 g/mol. The number of carbonyl (C=O) groups is 3. The molecule has 3 aromatic carbocycles. The minimum atomic E-state index is -0.376. The normalized spacial score (nSPS) is 10.2. The van der Waals surface area contributed by atoms with Crippen LogP contribution in [0.1, 0.15) is 34.6 Å². The van der Waals surface area contributed by atoms with Crippen LogP contribution in [0, 0.1) is 0 Å². The summed E-state index contributed by atoms with van der Waals surface area (Å²) in [6, 6.07) is 18.3. The molecule has 176 valence electrons. The van der Waals surface area contributed by atoms with Gasteiger partial charge in [-0.05, 0) is 68.4 Å². The molecule has 0 aliphatic rings. The number of Topliss-reactive ketones (excluding diaryl/α,β-unsaturated/α-hetero) is 1. The van der Waals surface area contributed by atoms with Crippen molar-refractivity contribution in [3.8, 4) is 17.2 Å². The molecule has 3 aromatic rings. The molecule has 34 heavy (non-hydrogen) atoms. The lowest BCUT2D eigenvalue weighted by atomic mass is 10.1. The minimum Gasteiger partial charge on any atom is -0.494 e. The third kappa shape index (κ3) is 6.59. The van der Waals surface area contributed by atoms with Crippen molar-refractivity contribution in [3.05, 3.63) is 77.9 Å². The average molecular weight is 463 g/mol. The maximum Gasteiger partial charge on any atom is 0.262 e. The standard InChI is InChI=1S/C26H26N2O6/c1-4-33-22-11-9-20(10-12-22)27-25(30)16-34-23-13-8-19(15-24(23)32-3)26(31)28-21-7-5-6-18(14-21)17(2)29/h5-15H,4,16H2,1-3H3,(H,27,30)(H,28,31). The molecular weight excluding hydrogens is 436 g/mol. The van der Waals surface area contributed by atoms with Crippen molar-refractivity contribution < 1.29 is 28.6 Å². The first-order chi connectivity index (χ1) is 16.4. The molecule has 8 heteroatoms. The second-order valence-electron chi connectivity index (χ2n) is 7.25. The molecule has 0 aliphatic heterocycles. The second kappa shape index (κ2) is 11.5. The Hall–Kier alpha value is -4.33. The van der Waals surface area contributed by atoms with Gasteiger partial charge in [-0.25, -0.2) is 0 Å². The van der Waals surface area contributed by atoms with Gasteiger partial charge < -0.3 is 24.8 Å². The topological polar surface area (TPSA) is 103 Å².